The zero-order valence-electron chi connectivity index (χ0n) is 33.9. The summed E-state index contributed by atoms with van der Waals surface area (Å²) < 4.78 is 12.0. The molecular weight excluding hydrogens is 709 g/mol. The molecule has 1 aromatic heterocycles. The van der Waals surface area contributed by atoms with Crippen LogP contribution in [0.3, 0.4) is 0 Å². The van der Waals surface area contributed by atoms with E-state index in [4.69, 9.17) is 9.47 Å². The maximum atomic E-state index is 14.2. The normalized spacial score (nSPS) is 19.1. The van der Waals surface area contributed by atoms with E-state index in [1.807, 2.05) is 75.2 Å². The van der Waals surface area contributed by atoms with Crippen LogP contribution in [0.25, 0.3) is 0 Å². The number of amides is 4. The third-order valence-corrected chi connectivity index (χ3v) is 11.8. The van der Waals surface area contributed by atoms with Crippen molar-refractivity contribution in [3.63, 3.8) is 0 Å². The van der Waals surface area contributed by atoms with Gasteiger partial charge in [-0.25, -0.2) is 4.98 Å². The molecule has 54 heavy (non-hydrogen) atoms. The molecule has 13 nitrogen and oxygen atoms in total. The number of methoxy groups -OCH3 is 2. The second-order valence-corrected chi connectivity index (χ2v) is 16.0. The lowest BCUT2D eigenvalue weighted by atomic mass is 9.89. The van der Waals surface area contributed by atoms with Gasteiger partial charge in [-0.15, -0.1) is 11.3 Å². The van der Waals surface area contributed by atoms with Crippen molar-refractivity contribution >= 4 is 35.0 Å². The highest BCUT2D eigenvalue weighted by Crippen LogP contribution is 2.30. The van der Waals surface area contributed by atoms with Gasteiger partial charge in [0.15, 0.2) is 0 Å². The zero-order valence-corrected chi connectivity index (χ0v) is 34.7. The average Bonchev–Trinajstić information content (AvgIpc) is 3.87. The number of aliphatic hydroxyl groups excluding tert-OH is 1. The molecule has 1 aromatic carbocycles. The summed E-state index contributed by atoms with van der Waals surface area (Å²) in [7, 11) is 8.22. The number of rotatable bonds is 21. The van der Waals surface area contributed by atoms with Crippen molar-refractivity contribution in [2.45, 2.75) is 109 Å². The fourth-order valence-corrected chi connectivity index (χ4v) is 8.22. The summed E-state index contributed by atoms with van der Waals surface area (Å²) in [5, 5.41) is 18.6. The highest BCUT2D eigenvalue weighted by Gasteiger charge is 2.43. The minimum atomic E-state index is -0.850. The predicted molar refractivity (Wildman–Crippen MR) is 211 cm³/mol. The van der Waals surface area contributed by atoms with Crippen LogP contribution in [0.15, 0.2) is 41.9 Å². The van der Waals surface area contributed by atoms with Crippen molar-refractivity contribution in [2.24, 2.45) is 17.8 Å². The molecule has 14 heteroatoms. The molecule has 0 unspecified atom stereocenters. The highest BCUT2D eigenvalue weighted by atomic mass is 32.1. The summed E-state index contributed by atoms with van der Waals surface area (Å²) in [4.78, 5) is 64.8. The third kappa shape index (κ3) is 11.5. The van der Waals surface area contributed by atoms with Gasteiger partial charge in [0.2, 0.25) is 23.6 Å². The number of nitrogens with one attached hydrogen (secondary N) is 2. The number of likely N-dealkylation sites (tertiary alicyclic amines) is 1. The van der Waals surface area contributed by atoms with Gasteiger partial charge in [-0.05, 0) is 50.8 Å². The fourth-order valence-electron chi connectivity index (χ4n) is 7.53. The first-order valence-corrected chi connectivity index (χ1v) is 20.0. The van der Waals surface area contributed by atoms with E-state index in [1.165, 1.54) is 11.3 Å². The second-order valence-electron chi connectivity index (χ2n) is 15.1. The number of likely N-dealkylation sites (N-methyl/N-ethyl adjacent to an activating group) is 2. The summed E-state index contributed by atoms with van der Waals surface area (Å²) in [6, 6.07) is 7.21. The molecule has 4 amide bonds. The number of carbonyl (C=O) groups is 4. The molecule has 9 atom stereocenters. The molecule has 3 rings (SSSR count). The van der Waals surface area contributed by atoms with Crippen molar-refractivity contribution in [3.8, 4) is 0 Å². The van der Waals surface area contributed by atoms with Gasteiger partial charge in [-0.3, -0.25) is 24.1 Å². The lowest BCUT2D eigenvalue weighted by Crippen LogP contribution is -2.59. The Hall–Kier alpha value is -3.43. The van der Waals surface area contributed by atoms with Crippen molar-refractivity contribution in [2.75, 3.05) is 48.5 Å². The van der Waals surface area contributed by atoms with E-state index in [9.17, 15) is 24.3 Å². The lowest BCUT2D eigenvalue weighted by Gasteiger charge is -2.41. The number of aromatic nitrogens is 1. The second kappa shape index (κ2) is 21.6. The van der Waals surface area contributed by atoms with Crippen LogP contribution in [0.5, 0.6) is 0 Å². The Bertz CT molecular complexity index is 1460. The standard InChI is InChI=1S/C40H64N6O7S/c1-11-26(4)35(45(8)40(51)34(25(2)3)43-38(50)31(24-47)44(6)7)32(52-9)23-33(48)46-20-15-18-30(46)36(53-10)27(5)37(49)42-29(39-41-19-21-54-39)22-28-16-13-12-14-17-28/h12-14,16-17,19,21,25-27,29-32,34-36,47H,11,15,18,20,22-24H2,1-10H3,(H,42,49)(H,43,50)/t26-,27+,29-,30-,31-,32+,34-,35-,36+/m0/s1. The van der Waals surface area contributed by atoms with Crippen LogP contribution in [0.1, 0.15) is 76.9 Å². The predicted octanol–water partition coefficient (Wildman–Crippen LogP) is 3.53. The van der Waals surface area contributed by atoms with E-state index in [0.29, 0.717) is 19.4 Å². The lowest BCUT2D eigenvalue weighted by molar-refractivity contribution is -0.148. The average molecular weight is 773 g/mol. The molecule has 3 N–H and O–H groups in total. The SMILES string of the molecule is CC[C@H](C)[C@@H]([C@@H](CC(=O)N1CCC[C@H]1[C@H](OC)[C@@H](C)C(=O)N[C@@H](Cc1ccccc1)c1nccs1)OC)N(C)C(=O)[C@@H](NC(=O)[C@H](CO)N(C)C)C(C)C. The van der Waals surface area contributed by atoms with E-state index in [0.717, 1.165) is 23.4 Å². The van der Waals surface area contributed by atoms with E-state index < -0.39 is 42.2 Å². The summed E-state index contributed by atoms with van der Waals surface area (Å²) in [6.07, 6.45) is 3.32. The Kier molecular flexibility index (Phi) is 18.0. The first-order chi connectivity index (χ1) is 25.7. The number of carbonyl (C=O) groups excluding carboxylic acids is 4. The Balaban J connectivity index is 1.78. The zero-order chi connectivity index (χ0) is 40.1. The Morgan fingerprint density at radius 3 is 2.24 bits per heavy atom. The maximum Gasteiger partial charge on any atom is 0.245 e. The molecule has 1 saturated heterocycles. The van der Waals surface area contributed by atoms with Crippen molar-refractivity contribution in [1.29, 1.82) is 0 Å². The number of ether oxygens (including phenoxy) is 2. The minimum absolute atomic E-state index is 0.0196. The van der Waals surface area contributed by atoms with Crippen molar-refractivity contribution in [3.05, 3.63) is 52.5 Å². The smallest absolute Gasteiger partial charge is 0.245 e. The van der Waals surface area contributed by atoms with E-state index in [-0.39, 0.29) is 54.7 Å². The molecule has 0 aliphatic carbocycles. The van der Waals surface area contributed by atoms with Crippen LogP contribution >= 0.6 is 11.3 Å². The summed E-state index contributed by atoms with van der Waals surface area (Å²) in [5.74, 6) is -1.89. The number of hydrogen-bond acceptors (Lipinski definition) is 10. The maximum absolute atomic E-state index is 14.2. The van der Waals surface area contributed by atoms with Gasteiger partial charge in [0.1, 0.15) is 17.1 Å². The van der Waals surface area contributed by atoms with E-state index in [1.54, 1.807) is 51.4 Å². The summed E-state index contributed by atoms with van der Waals surface area (Å²) >= 11 is 1.50. The topological polar surface area (TPSA) is 154 Å². The number of aliphatic hydroxyl groups is 1. The van der Waals surface area contributed by atoms with E-state index >= 15 is 0 Å². The van der Waals surface area contributed by atoms with E-state index in [2.05, 4.69) is 15.6 Å². The van der Waals surface area contributed by atoms with Crippen LogP contribution in [-0.4, -0.2) is 133 Å². The van der Waals surface area contributed by atoms with Gasteiger partial charge >= 0.3 is 0 Å². The number of thiazole rings is 1. The fraction of sp³-hybridized carbons (Fsp3) is 0.675. The first kappa shape index (κ1) is 45.0. The first-order valence-electron chi connectivity index (χ1n) is 19.1. The van der Waals surface area contributed by atoms with Gasteiger partial charge in [0.25, 0.3) is 0 Å². The van der Waals surface area contributed by atoms with Crippen molar-refractivity contribution in [1.82, 2.24) is 30.3 Å². The molecule has 0 radical (unpaired) electrons. The molecule has 2 heterocycles. The van der Waals surface area contributed by atoms with Gasteiger partial charge < -0.3 is 35.0 Å². The monoisotopic (exact) mass is 772 g/mol. The molecule has 0 spiro atoms. The molecule has 302 valence electrons. The Labute approximate surface area is 326 Å². The summed E-state index contributed by atoms with van der Waals surface area (Å²) in [6.45, 7) is 9.75. The summed E-state index contributed by atoms with van der Waals surface area (Å²) in [5.41, 5.74) is 1.08. The Morgan fingerprint density at radius 1 is 1.02 bits per heavy atom. The van der Waals surface area contributed by atoms with Crippen LogP contribution in [0.2, 0.25) is 0 Å². The van der Waals surface area contributed by atoms with Gasteiger partial charge in [0, 0.05) is 39.4 Å². The quantitative estimate of drug-likeness (QED) is 0.173. The minimum Gasteiger partial charge on any atom is -0.394 e. The molecule has 1 aliphatic heterocycles. The van der Waals surface area contributed by atoms with Gasteiger partial charge in [-0.2, -0.15) is 0 Å². The molecule has 0 saturated carbocycles. The molecular formula is C40H64N6O7S. The molecule has 2 aromatic rings. The Morgan fingerprint density at radius 2 is 1.70 bits per heavy atom. The van der Waals surface area contributed by atoms with Crippen LogP contribution < -0.4 is 10.6 Å². The largest absolute Gasteiger partial charge is 0.394 e. The van der Waals surface area contributed by atoms with Gasteiger partial charge in [-0.1, -0.05) is 71.4 Å². The molecule has 1 aliphatic rings. The number of hydrogen-bond donors (Lipinski definition) is 3. The highest BCUT2D eigenvalue weighted by molar-refractivity contribution is 7.09. The molecule has 1 fully saturated rings. The van der Waals surface area contributed by atoms with Crippen LogP contribution in [-0.2, 0) is 35.1 Å². The number of benzene rings is 1. The van der Waals surface area contributed by atoms with Gasteiger partial charge in [0.05, 0.1) is 49.3 Å². The number of nitrogens with zero attached hydrogens (tertiary/aromatic N) is 4. The third-order valence-electron chi connectivity index (χ3n) is 10.9. The van der Waals surface area contributed by atoms with Crippen LogP contribution in [0.4, 0.5) is 0 Å². The molecule has 0 bridgehead atoms. The van der Waals surface area contributed by atoms with Crippen molar-refractivity contribution < 1.29 is 33.8 Å². The van der Waals surface area contributed by atoms with Crippen LogP contribution in [0, 0.1) is 17.8 Å².